The molecule has 2 N–H and O–H groups in total. The first-order chi connectivity index (χ1) is 9.94. The summed E-state index contributed by atoms with van der Waals surface area (Å²) in [5, 5.41) is 18.3. The standard InChI is InChI=1S/C14H17FN2O3S/c15-13-2-1-3-14(12(13)8-16)21(19,20)17-9-10-4-6-11(18)7-5-10/h1-3,10-11,17-18H,4-7,9H2. The second-order valence-electron chi connectivity index (χ2n) is 5.25. The van der Waals surface area contributed by atoms with Gasteiger partial charge in [-0.1, -0.05) is 6.07 Å². The summed E-state index contributed by atoms with van der Waals surface area (Å²) in [7, 11) is -3.91. The Morgan fingerprint density at radius 3 is 2.62 bits per heavy atom. The quantitative estimate of drug-likeness (QED) is 0.882. The maximum Gasteiger partial charge on any atom is 0.242 e. The molecule has 7 heteroatoms. The second kappa shape index (κ2) is 6.52. The van der Waals surface area contributed by atoms with Crippen molar-refractivity contribution in [1.82, 2.24) is 4.72 Å². The molecule has 1 aromatic carbocycles. The van der Waals surface area contributed by atoms with Crippen molar-refractivity contribution >= 4 is 10.0 Å². The Hall–Kier alpha value is -1.49. The molecule has 2 rings (SSSR count). The molecule has 0 aliphatic heterocycles. The predicted octanol–water partition coefficient (Wildman–Crippen LogP) is 1.53. The SMILES string of the molecule is N#Cc1c(F)cccc1S(=O)(=O)NCC1CCC(O)CC1. The first-order valence-electron chi connectivity index (χ1n) is 6.80. The van der Waals surface area contributed by atoms with E-state index in [1.807, 2.05) is 0 Å². The molecular weight excluding hydrogens is 295 g/mol. The Morgan fingerprint density at radius 2 is 2.00 bits per heavy atom. The summed E-state index contributed by atoms with van der Waals surface area (Å²) in [6.45, 7) is 0.233. The minimum Gasteiger partial charge on any atom is -0.393 e. The number of sulfonamides is 1. The Bertz CT molecular complexity index is 647. The zero-order valence-electron chi connectivity index (χ0n) is 11.4. The van der Waals surface area contributed by atoms with E-state index in [9.17, 15) is 17.9 Å². The predicted molar refractivity (Wildman–Crippen MR) is 74.3 cm³/mol. The fourth-order valence-corrected chi connectivity index (χ4v) is 3.77. The van der Waals surface area contributed by atoms with Gasteiger partial charge in [-0.25, -0.2) is 17.5 Å². The third-order valence-corrected chi connectivity index (χ3v) is 5.22. The molecule has 1 aliphatic carbocycles. The molecule has 21 heavy (non-hydrogen) atoms. The molecule has 1 saturated carbocycles. The normalized spacial score (nSPS) is 22.7. The first-order valence-corrected chi connectivity index (χ1v) is 8.28. The average molecular weight is 312 g/mol. The number of rotatable bonds is 4. The maximum atomic E-state index is 13.5. The Morgan fingerprint density at radius 1 is 1.33 bits per heavy atom. The van der Waals surface area contributed by atoms with Crippen LogP contribution in [0.2, 0.25) is 0 Å². The molecule has 0 atom stereocenters. The molecule has 0 aromatic heterocycles. The van der Waals surface area contributed by atoms with Crippen molar-refractivity contribution in [2.75, 3.05) is 6.54 Å². The van der Waals surface area contributed by atoms with Gasteiger partial charge in [0.25, 0.3) is 0 Å². The number of nitriles is 1. The molecule has 0 saturated heterocycles. The van der Waals surface area contributed by atoms with Crippen LogP contribution in [0.15, 0.2) is 23.1 Å². The number of benzene rings is 1. The lowest BCUT2D eigenvalue weighted by molar-refractivity contribution is 0.109. The Labute approximate surface area is 123 Å². The van der Waals surface area contributed by atoms with Gasteiger partial charge in [0, 0.05) is 6.54 Å². The van der Waals surface area contributed by atoms with E-state index in [4.69, 9.17) is 5.26 Å². The molecule has 0 heterocycles. The monoisotopic (exact) mass is 312 g/mol. The summed E-state index contributed by atoms with van der Waals surface area (Å²) >= 11 is 0. The van der Waals surface area contributed by atoms with Crippen molar-refractivity contribution in [1.29, 1.82) is 5.26 Å². The van der Waals surface area contributed by atoms with Crippen LogP contribution in [-0.4, -0.2) is 26.2 Å². The van der Waals surface area contributed by atoms with Crippen LogP contribution in [0.5, 0.6) is 0 Å². The van der Waals surface area contributed by atoms with E-state index in [-0.39, 0.29) is 23.5 Å². The van der Waals surface area contributed by atoms with Gasteiger partial charge in [-0.3, -0.25) is 0 Å². The average Bonchev–Trinajstić information content (AvgIpc) is 2.46. The smallest absolute Gasteiger partial charge is 0.242 e. The molecule has 1 aliphatic rings. The van der Waals surface area contributed by atoms with Gasteiger partial charge in [0.1, 0.15) is 22.3 Å². The summed E-state index contributed by atoms with van der Waals surface area (Å²) < 4.78 is 40.3. The highest BCUT2D eigenvalue weighted by Crippen LogP contribution is 2.24. The molecule has 5 nitrogen and oxygen atoms in total. The van der Waals surface area contributed by atoms with Crippen molar-refractivity contribution in [3.05, 3.63) is 29.6 Å². The van der Waals surface area contributed by atoms with Gasteiger partial charge >= 0.3 is 0 Å². The van der Waals surface area contributed by atoms with Crippen LogP contribution in [0.25, 0.3) is 0 Å². The lowest BCUT2D eigenvalue weighted by atomic mass is 9.88. The van der Waals surface area contributed by atoms with Gasteiger partial charge in [-0.2, -0.15) is 5.26 Å². The number of halogens is 1. The van der Waals surface area contributed by atoms with Crippen molar-refractivity contribution in [3.63, 3.8) is 0 Å². The van der Waals surface area contributed by atoms with Crippen molar-refractivity contribution in [2.24, 2.45) is 5.92 Å². The molecule has 114 valence electrons. The molecule has 0 bridgehead atoms. The number of nitrogens with one attached hydrogen (secondary N) is 1. The van der Waals surface area contributed by atoms with Gasteiger partial charge in [0.2, 0.25) is 10.0 Å². The van der Waals surface area contributed by atoms with Crippen molar-refractivity contribution < 1.29 is 17.9 Å². The number of aliphatic hydroxyl groups excluding tert-OH is 1. The molecule has 1 aromatic rings. The summed E-state index contributed by atoms with van der Waals surface area (Å²) in [5.74, 6) is -0.691. The summed E-state index contributed by atoms with van der Waals surface area (Å²) in [5.41, 5.74) is -0.468. The van der Waals surface area contributed by atoms with Crippen LogP contribution in [0.3, 0.4) is 0 Å². The molecule has 0 unspecified atom stereocenters. The highest BCUT2D eigenvalue weighted by Gasteiger charge is 2.24. The lowest BCUT2D eigenvalue weighted by Crippen LogP contribution is -2.32. The van der Waals surface area contributed by atoms with Gasteiger partial charge in [0.15, 0.2) is 0 Å². The fraction of sp³-hybridized carbons (Fsp3) is 0.500. The summed E-state index contributed by atoms with van der Waals surface area (Å²) in [6.07, 6.45) is 2.52. The highest BCUT2D eigenvalue weighted by atomic mass is 32.2. The minimum atomic E-state index is -3.91. The van der Waals surface area contributed by atoms with Crippen LogP contribution in [-0.2, 0) is 10.0 Å². The number of hydrogen-bond donors (Lipinski definition) is 2. The van der Waals surface area contributed by atoms with E-state index in [0.29, 0.717) is 12.8 Å². The fourth-order valence-electron chi connectivity index (χ4n) is 2.49. The summed E-state index contributed by atoms with van der Waals surface area (Å²) in [6, 6.07) is 5.12. The van der Waals surface area contributed by atoms with E-state index in [2.05, 4.69) is 4.72 Å². The maximum absolute atomic E-state index is 13.5. The van der Waals surface area contributed by atoms with E-state index in [0.717, 1.165) is 18.9 Å². The van der Waals surface area contributed by atoms with E-state index >= 15 is 0 Å². The third kappa shape index (κ3) is 3.79. The van der Waals surface area contributed by atoms with Gasteiger partial charge < -0.3 is 5.11 Å². The molecular formula is C14H17FN2O3S. The van der Waals surface area contributed by atoms with Crippen LogP contribution in [0, 0.1) is 23.1 Å². The highest BCUT2D eigenvalue weighted by molar-refractivity contribution is 7.89. The zero-order valence-corrected chi connectivity index (χ0v) is 12.2. The van der Waals surface area contributed by atoms with E-state index in [1.165, 1.54) is 12.1 Å². The Kier molecular flexibility index (Phi) is 4.93. The largest absolute Gasteiger partial charge is 0.393 e. The summed E-state index contributed by atoms with van der Waals surface area (Å²) in [4.78, 5) is -0.333. The topological polar surface area (TPSA) is 90.2 Å². The minimum absolute atomic E-state index is 0.155. The van der Waals surface area contributed by atoms with Crippen LogP contribution in [0.1, 0.15) is 31.2 Å². The molecule has 0 radical (unpaired) electrons. The number of hydrogen-bond acceptors (Lipinski definition) is 4. The van der Waals surface area contributed by atoms with E-state index < -0.39 is 21.4 Å². The zero-order chi connectivity index (χ0) is 15.5. The van der Waals surface area contributed by atoms with Gasteiger partial charge in [-0.15, -0.1) is 0 Å². The molecule has 1 fully saturated rings. The second-order valence-corrected chi connectivity index (χ2v) is 6.99. The molecule has 0 amide bonds. The van der Waals surface area contributed by atoms with Gasteiger partial charge in [-0.05, 0) is 43.7 Å². The van der Waals surface area contributed by atoms with Gasteiger partial charge in [0.05, 0.1) is 6.10 Å². The van der Waals surface area contributed by atoms with E-state index in [1.54, 1.807) is 6.07 Å². The number of nitrogens with zero attached hydrogens (tertiary/aromatic N) is 1. The first kappa shape index (κ1) is 15.9. The Balaban J connectivity index is 2.09. The lowest BCUT2D eigenvalue weighted by Gasteiger charge is -2.25. The van der Waals surface area contributed by atoms with Crippen LogP contribution < -0.4 is 4.72 Å². The number of aliphatic hydroxyl groups is 1. The van der Waals surface area contributed by atoms with Crippen molar-refractivity contribution in [2.45, 2.75) is 36.7 Å². The van der Waals surface area contributed by atoms with Crippen LogP contribution >= 0.6 is 0 Å². The third-order valence-electron chi connectivity index (χ3n) is 3.76. The van der Waals surface area contributed by atoms with Crippen LogP contribution in [0.4, 0.5) is 4.39 Å². The van der Waals surface area contributed by atoms with Crippen molar-refractivity contribution in [3.8, 4) is 6.07 Å². The molecule has 0 spiro atoms.